The number of Topliss-reactive ketones (excluding diaryl/α,β-unsaturated/α-hetero) is 2. The number of phenolic OH excluding ortho intramolecular Hbond substituents is 1. The summed E-state index contributed by atoms with van der Waals surface area (Å²) in [6.45, 7) is 1.51. The average molecular weight is 681 g/mol. The highest BCUT2D eigenvalue weighted by Crippen LogP contribution is 2.56. The van der Waals surface area contributed by atoms with Crippen molar-refractivity contribution in [1.29, 1.82) is 0 Å². The number of hydrogen-bond acceptors (Lipinski definition) is 10. The molecule has 0 radical (unpaired) electrons. The zero-order valence-electron chi connectivity index (χ0n) is 24.7. The van der Waals surface area contributed by atoms with E-state index in [0.717, 1.165) is 18.2 Å². The van der Waals surface area contributed by atoms with Crippen molar-refractivity contribution in [1.82, 2.24) is 4.90 Å². The SMILES string of the molecule is C[C@@H]1c2ccc(NC(=O)Nc3ccc(Cl)cc3C(F)(F)F)c(O)c2C(=O)C2=C(O)[C@@]3(O)C(=O)C(C(N)=O)=C(O)[C@H](N(C)C)[C@H]3[C@H](O)[C@H]21. The minimum absolute atomic E-state index is 0.114. The maximum absolute atomic E-state index is 14.0. The van der Waals surface area contributed by atoms with Gasteiger partial charge in [0.25, 0.3) is 5.91 Å². The van der Waals surface area contributed by atoms with Gasteiger partial charge in [0, 0.05) is 16.5 Å². The lowest BCUT2D eigenvalue weighted by atomic mass is 9.55. The fourth-order valence-corrected chi connectivity index (χ4v) is 7.03. The number of nitrogens with zero attached hydrogens (tertiary/aromatic N) is 1. The van der Waals surface area contributed by atoms with Crippen LogP contribution in [0, 0.1) is 11.8 Å². The Labute approximate surface area is 268 Å². The van der Waals surface area contributed by atoms with E-state index >= 15 is 0 Å². The van der Waals surface area contributed by atoms with Crippen molar-refractivity contribution < 1.29 is 57.9 Å². The van der Waals surface area contributed by atoms with Gasteiger partial charge < -0.3 is 41.9 Å². The van der Waals surface area contributed by atoms with Gasteiger partial charge in [0.05, 0.1) is 40.6 Å². The van der Waals surface area contributed by atoms with Crippen molar-refractivity contribution in [2.45, 2.75) is 36.8 Å². The first-order valence-corrected chi connectivity index (χ1v) is 14.3. The van der Waals surface area contributed by atoms with Crippen LogP contribution in [0.1, 0.15) is 34.3 Å². The first-order chi connectivity index (χ1) is 21.7. The summed E-state index contributed by atoms with van der Waals surface area (Å²) in [5, 5.41) is 60.8. The highest BCUT2D eigenvalue weighted by molar-refractivity contribution is 6.30. The third-order valence-electron chi connectivity index (χ3n) is 8.91. The number of rotatable bonds is 4. The summed E-state index contributed by atoms with van der Waals surface area (Å²) in [4.78, 5) is 53.6. The second-order valence-corrected chi connectivity index (χ2v) is 12.2. The fraction of sp³-hybridized carbons (Fsp3) is 0.333. The van der Waals surface area contributed by atoms with Crippen LogP contribution in [0.2, 0.25) is 5.02 Å². The average Bonchev–Trinajstić information content (AvgIpc) is 2.96. The number of carbonyl (C=O) groups excluding carboxylic acids is 4. The number of phenols is 1. The van der Waals surface area contributed by atoms with Gasteiger partial charge in [-0.25, -0.2) is 4.79 Å². The molecule has 0 saturated carbocycles. The molecule has 5 rings (SSSR count). The van der Waals surface area contributed by atoms with Crippen LogP contribution in [0.3, 0.4) is 0 Å². The topological polar surface area (TPSA) is 223 Å². The lowest BCUT2D eigenvalue weighted by Gasteiger charge is -2.53. The molecule has 2 aromatic carbocycles. The molecule has 0 saturated heterocycles. The number of amides is 3. The molecule has 6 atom stereocenters. The second kappa shape index (κ2) is 11.3. The number of urea groups is 1. The van der Waals surface area contributed by atoms with Crippen molar-refractivity contribution >= 4 is 46.5 Å². The van der Waals surface area contributed by atoms with Crippen molar-refractivity contribution in [3.05, 3.63) is 74.7 Å². The Kier molecular flexibility index (Phi) is 8.08. The third kappa shape index (κ3) is 4.99. The molecule has 3 aliphatic carbocycles. The molecule has 47 heavy (non-hydrogen) atoms. The number of aromatic hydroxyl groups is 1. The molecule has 17 heteroatoms. The van der Waals surface area contributed by atoms with Gasteiger partial charge in [-0.3, -0.25) is 19.3 Å². The quantitative estimate of drug-likeness (QED) is 0.174. The summed E-state index contributed by atoms with van der Waals surface area (Å²) in [5.41, 5.74) is -2.30. The molecule has 3 aliphatic rings. The first-order valence-electron chi connectivity index (χ1n) is 13.9. The Morgan fingerprint density at radius 1 is 1.04 bits per heavy atom. The van der Waals surface area contributed by atoms with Crippen LogP contribution < -0.4 is 16.4 Å². The maximum Gasteiger partial charge on any atom is 0.418 e. The number of primary amides is 1. The van der Waals surface area contributed by atoms with E-state index in [1.54, 1.807) is 0 Å². The molecule has 250 valence electrons. The zero-order chi connectivity index (χ0) is 35.1. The molecule has 0 heterocycles. The minimum atomic E-state index is -4.89. The molecule has 0 aliphatic heterocycles. The molecule has 3 amide bonds. The van der Waals surface area contributed by atoms with Crippen LogP contribution in [0.15, 0.2) is 53.0 Å². The Morgan fingerprint density at radius 3 is 2.21 bits per heavy atom. The van der Waals surface area contributed by atoms with Crippen LogP contribution in [-0.4, -0.2) is 85.8 Å². The lowest BCUT2D eigenvalue weighted by molar-refractivity contribution is -0.162. The smallest absolute Gasteiger partial charge is 0.418 e. The van der Waals surface area contributed by atoms with Crippen LogP contribution in [-0.2, 0) is 15.8 Å². The third-order valence-corrected chi connectivity index (χ3v) is 9.15. The van der Waals surface area contributed by atoms with Gasteiger partial charge in [0.1, 0.15) is 17.1 Å². The molecule has 0 bridgehead atoms. The summed E-state index contributed by atoms with van der Waals surface area (Å²) in [6.07, 6.45) is -6.69. The van der Waals surface area contributed by atoms with E-state index in [9.17, 15) is 57.9 Å². The number of nitrogens with one attached hydrogen (secondary N) is 2. The number of fused-ring (bicyclic) bond motifs is 3. The Hall–Kier alpha value is -4.64. The predicted octanol–water partition coefficient (Wildman–Crippen LogP) is 2.97. The molecular formula is C30H28ClF3N4O9. The zero-order valence-corrected chi connectivity index (χ0v) is 25.4. The molecular weight excluding hydrogens is 653 g/mol. The van der Waals surface area contributed by atoms with Gasteiger partial charge in [0.2, 0.25) is 5.78 Å². The van der Waals surface area contributed by atoms with Gasteiger partial charge in [0.15, 0.2) is 17.1 Å². The van der Waals surface area contributed by atoms with E-state index in [1.807, 2.05) is 5.32 Å². The van der Waals surface area contributed by atoms with E-state index in [1.165, 1.54) is 32.0 Å². The standard InChI is InChI=1S/C30H28ClF3N4O9/c1-9-11-5-7-14(37-28(46)36-13-6-4-10(31)8-12(13)30(32,33)34)21(39)16(11)22(40)17-15(9)23(41)19-20(38(2)3)24(42)18(27(35)45)26(44)29(19,47)25(17)43/h4-9,15,19-20,23,39,41-43,47H,1-3H3,(H2,35,45)(H2,36,37,46)/t9-,15+,19+,20-,23-,29-/m1/s1. The highest BCUT2D eigenvalue weighted by Gasteiger charge is 2.67. The predicted molar refractivity (Wildman–Crippen MR) is 159 cm³/mol. The summed E-state index contributed by atoms with van der Waals surface area (Å²) in [5.74, 6) is -11.1. The highest BCUT2D eigenvalue weighted by atomic mass is 35.5. The molecule has 13 nitrogen and oxygen atoms in total. The number of aliphatic hydroxyl groups excluding tert-OH is 3. The van der Waals surface area contributed by atoms with Crippen molar-refractivity contribution in [3.8, 4) is 5.75 Å². The normalized spacial score (nSPS) is 27.3. The summed E-state index contributed by atoms with van der Waals surface area (Å²) in [6, 6.07) is 2.40. The Bertz CT molecular complexity index is 1830. The summed E-state index contributed by atoms with van der Waals surface area (Å²) >= 11 is 5.67. The fourth-order valence-electron chi connectivity index (χ4n) is 6.86. The maximum atomic E-state index is 14.0. The molecule has 0 unspecified atom stereocenters. The Morgan fingerprint density at radius 2 is 1.64 bits per heavy atom. The van der Waals surface area contributed by atoms with Gasteiger partial charge in [-0.2, -0.15) is 13.2 Å². The van der Waals surface area contributed by atoms with E-state index in [-0.39, 0.29) is 10.6 Å². The van der Waals surface area contributed by atoms with Crippen molar-refractivity contribution in [2.24, 2.45) is 17.6 Å². The number of carbonyl (C=O) groups is 4. The molecule has 9 N–H and O–H groups in total. The monoisotopic (exact) mass is 680 g/mol. The first kappa shape index (κ1) is 33.7. The van der Waals surface area contributed by atoms with Crippen LogP contribution in [0.4, 0.5) is 29.3 Å². The van der Waals surface area contributed by atoms with E-state index in [4.69, 9.17) is 17.3 Å². The minimum Gasteiger partial charge on any atom is -0.510 e. The van der Waals surface area contributed by atoms with Gasteiger partial charge in [-0.05, 0) is 49.8 Å². The number of likely N-dealkylation sites (N-methyl/N-ethyl adjacent to an activating group) is 1. The van der Waals surface area contributed by atoms with Gasteiger partial charge in [-0.15, -0.1) is 0 Å². The molecule has 2 aromatic rings. The van der Waals surface area contributed by atoms with Crippen molar-refractivity contribution in [2.75, 3.05) is 24.7 Å². The van der Waals surface area contributed by atoms with Crippen LogP contribution in [0.25, 0.3) is 0 Å². The molecule has 0 spiro atoms. The number of hydrogen-bond donors (Lipinski definition) is 8. The largest absolute Gasteiger partial charge is 0.510 e. The number of halogens is 4. The summed E-state index contributed by atoms with van der Waals surface area (Å²) in [7, 11) is 2.81. The van der Waals surface area contributed by atoms with E-state index < -0.39 is 116 Å². The van der Waals surface area contributed by atoms with Crippen LogP contribution >= 0.6 is 11.6 Å². The summed E-state index contributed by atoms with van der Waals surface area (Å²) < 4.78 is 40.5. The Balaban J connectivity index is 1.58. The lowest BCUT2D eigenvalue weighted by Crippen LogP contribution is -2.68. The van der Waals surface area contributed by atoms with E-state index in [2.05, 4.69) is 5.32 Å². The number of anilines is 2. The number of aliphatic hydroxyl groups is 4. The van der Waals surface area contributed by atoms with Gasteiger partial charge in [-0.1, -0.05) is 24.6 Å². The number of ketones is 2. The number of nitrogens with two attached hydrogens (primary N) is 1. The number of benzene rings is 2. The van der Waals surface area contributed by atoms with Crippen molar-refractivity contribution in [3.63, 3.8) is 0 Å². The van der Waals surface area contributed by atoms with Gasteiger partial charge >= 0.3 is 12.2 Å². The van der Waals surface area contributed by atoms with Crippen LogP contribution in [0.5, 0.6) is 5.75 Å². The molecule has 0 aromatic heterocycles. The number of alkyl halides is 3. The molecule has 0 fully saturated rings. The second-order valence-electron chi connectivity index (χ2n) is 11.7. The van der Waals surface area contributed by atoms with E-state index in [0.29, 0.717) is 6.07 Å².